The van der Waals surface area contributed by atoms with E-state index in [1.807, 2.05) is 58.3 Å². The van der Waals surface area contributed by atoms with Gasteiger partial charge in [0, 0.05) is 20.1 Å². The van der Waals surface area contributed by atoms with Crippen molar-refractivity contribution in [2.45, 2.75) is 33.4 Å². The second kappa shape index (κ2) is 13.5. The van der Waals surface area contributed by atoms with E-state index in [9.17, 15) is 0 Å². The van der Waals surface area contributed by atoms with Crippen molar-refractivity contribution >= 4 is 5.96 Å². The molecule has 0 heterocycles. The van der Waals surface area contributed by atoms with Gasteiger partial charge in [-0.05, 0) is 70.3 Å². The number of guanidine groups is 1. The number of benzene rings is 2. The highest BCUT2D eigenvalue weighted by Gasteiger charge is 2.12. The number of nitrogens with one attached hydrogen (secondary N) is 2. The van der Waals surface area contributed by atoms with Crippen LogP contribution in [0.4, 0.5) is 0 Å². The van der Waals surface area contributed by atoms with E-state index in [2.05, 4.69) is 39.6 Å². The Labute approximate surface area is 192 Å². The summed E-state index contributed by atoms with van der Waals surface area (Å²) < 4.78 is 17.3. The lowest BCUT2D eigenvalue weighted by molar-refractivity contribution is 0.261. The van der Waals surface area contributed by atoms with Gasteiger partial charge in [-0.25, -0.2) is 0 Å². The first-order chi connectivity index (χ1) is 15.5. The Hall–Kier alpha value is -2.93. The number of aliphatic imine (C=N–C) groups is 1. The number of nitrogens with zero attached hydrogens (tertiary/aromatic N) is 2. The highest BCUT2D eigenvalue weighted by molar-refractivity contribution is 5.80. The van der Waals surface area contributed by atoms with Crippen LogP contribution in [-0.2, 0) is 6.54 Å². The molecule has 0 saturated carbocycles. The lowest BCUT2D eigenvalue weighted by atomic mass is 10.1. The average molecular weight is 443 g/mol. The fraction of sp³-hybridized carbons (Fsp3) is 0.480. The minimum Gasteiger partial charge on any atom is -0.492 e. The normalized spacial score (nSPS) is 12.4. The molecule has 0 radical (unpaired) electrons. The van der Waals surface area contributed by atoms with Gasteiger partial charge >= 0.3 is 0 Å². The Kier molecular flexibility index (Phi) is 10.7. The Balaban J connectivity index is 1.95. The molecule has 176 valence electrons. The summed E-state index contributed by atoms with van der Waals surface area (Å²) in [5, 5.41) is 6.82. The van der Waals surface area contributed by atoms with Crippen LogP contribution < -0.4 is 24.8 Å². The lowest BCUT2D eigenvalue weighted by Crippen LogP contribution is -2.38. The maximum atomic E-state index is 5.83. The first-order valence-corrected chi connectivity index (χ1v) is 11.2. The number of ether oxygens (including phenoxy) is 3. The maximum absolute atomic E-state index is 5.83. The standard InChI is InChI=1S/C25H38N4O3/c1-7-30-23-13-12-21(17-24(23)31-8-2)19(3)28-25(26-4)27-18-20-10-9-11-22(16-20)32-15-14-29(5)6/h9-13,16-17,19H,7-8,14-15,18H2,1-6H3,(H2,26,27,28). The molecule has 2 aromatic carbocycles. The van der Waals surface area contributed by atoms with Gasteiger partial charge in [-0.15, -0.1) is 0 Å². The first kappa shape index (κ1) is 25.3. The SMILES string of the molecule is CCOc1ccc(C(C)NC(=NC)NCc2cccc(OCCN(C)C)c2)cc1OCC. The van der Waals surface area contributed by atoms with Crippen LogP contribution in [0.25, 0.3) is 0 Å². The molecule has 0 aliphatic carbocycles. The molecule has 0 bridgehead atoms. The maximum Gasteiger partial charge on any atom is 0.191 e. The van der Waals surface area contributed by atoms with Gasteiger partial charge < -0.3 is 29.7 Å². The molecule has 32 heavy (non-hydrogen) atoms. The average Bonchev–Trinajstić information content (AvgIpc) is 2.78. The van der Waals surface area contributed by atoms with Crippen LogP contribution in [-0.4, -0.2) is 58.4 Å². The molecule has 0 saturated heterocycles. The third kappa shape index (κ3) is 8.30. The molecule has 2 N–H and O–H groups in total. The molecule has 2 aromatic rings. The van der Waals surface area contributed by atoms with Crippen molar-refractivity contribution in [3.05, 3.63) is 53.6 Å². The highest BCUT2D eigenvalue weighted by Crippen LogP contribution is 2.30. The van der Waals surface area contributed by atoms with E-state index in [-0.39, 0.29) is 6.04 Å². The summed E-state index contributed by atoms with van der Waals surface area (Å²) in [6.45, 7) is 9.41. The molecule has 0 aromatic heterocycles. The third-order valence-electron chi connectivity index (χ3n) is 4.81. The molecule has 0 aliphatic heterocycles. The molecule has 7 nitrogen and oxygen atoms in total. The monoisotopic (exact) mass is 442 g/mol. The molecule has 2 rings (SSSR count). The summed E-state index contributed by atoms with van der Waals surface area (Å²) in [7, 11) is 5.84. The van der Waals surface area contributed by atoms with Crippen LogP contribution in [0.3, 0.4) is 0 Å². The summed E-state index contributed by atoms with van der Waals surface area (Å²) in [4.78, 5) is 6.47. The van der Waals surface area contributed by atoms with E-state index >= 15 is 0 Å². The van der Waals surface area contributed by atoms with Gasteiger partial charge in [-0.1, -0.05) is 18.2 Å². The number of rotatable bonds is 12. The van der Waals surface area contributed by atoms with E-state index in [1.165, 1.54) is 0 Å². The molecule has 0 fully saturated rings. The van der Waals surface area contributed by atoms with Crippen LogP contribution in [0.2, 0.25) is 0 Å². The molecule has 0 amide bonds. The van der Waals surface area contributed by atoms with Crippen LogP contribution in [0, 0.1) is 0 Å². The minimum absolute atomic E-state index is 0.0387. The Bertz CT molecular complexity index is 855. The molecule has 1 unspecified atom stereocenters. The lowest BCUT2D eigenvalue weighted by Gasteiger charge is -2.20. The quantitative estimate of drug-likeness (QED) is 0.384. The van der Waals surface area contributed by atoms with Crippen molar-refractivity contribution < 1.29 is 14.2 Å². The van der Waals surface area contributed by atoms with E-state index in [0.29, 0.717) is 26.4 Å². The molecular formula is C25H38N4O3. The van der Waals surface area contributed by atoms with E-state index in [0.717, 1.165) is 40.9 Å². The Morgan fingerprint density at radius 1 is 1.00 bits per heavy atom. The van der Waals surface area contributed by atoms with Gasteiger partial charge in [0.1, 0.15) is 12.4 Å². The van der Waals surface area contributed by atoms with Gasteiger partial charge in [-0.3, -0.25) is 4.99 Å². The fourth-order valence-corrected chi connectivity index (χ4v) is 3.10. The summed E-state index contributed by atoms with van der Waals surface area (Å²) in [6.07, 6.45) is 0. The van der Waals surface area contributed by atoms with Gasteiger partial charge in [0.05, 0.1) is 19.3 Å². The van der Waals surface area contributed by atoms with E-state index < -0.39 is 0 Å². The van der Waals surface area contributed by atoms with Gasteiger partial charge in [0.2, 0.25) is 0 Å². The summed E-state index contributed by atoms with van der Waals surface area (Å²) in [6, 6.07) is 14.2. The van der Waals surface area contributed by atoms with Gasteiger partial charge in [-0.2, -0.15) is 0 Å². The van der Waals surface area contributed by atoms with Crippen molar-refractivity contribution in [2.24, 2.45) is 4.99 Å². The molecule has 0 aliphatic rings. The largest absolute Gasteiger partial charge is 0.492 e. The molecule has 0 spiro atoms. The third-order valence-corrected chi connectivity index (χ3v) is 4.81. The predicted octanol–water partition coefficient (Wildman–Crippen LogP) is 3.85. The smallest absolute Gasteiger partial charge is 0.191 e. The van der Waals surface area contributed by atoms with Gasteiger partial charge in [0.15, 0.2) is 17.5 Å². The first-order valence-electron chi connectivity index (χ1n) is 11.2. The number of hydrogen-bond acceptors (Lipinski definition) is 5. The molecule has 7 heteroatoms. The topological polar surface area (TPSA) is 67.3 Å². The van der Waals surface area contributed by atoms with Crippen LogP contribution in [0.1, 0.15) is 37.9 Å². The van der Waals surface area contributed by atoms with E-state index in [1.54, 1.807) is 7.05 Å². The second-order valence-corrected chi connectivity index (χ2v) is 7.66. The van der Waals surface area contributed by atoms with E-state index in [4.69, 9.17) is 14.2 Å². The van der Waals surface area contributed by atoms with Crippen molar-refractivity contribution in [3.8, 4) is 17.2 Å². The van der Waals surface area contributed by atoms with Crippen molar-refractivity contribution in [1.82, 2.24) is 15.5 Å². The van der Waals surface area contributed by atoms with Crippen LogP contribution in [0.5, 0.6) is 17.2 Å². The number of hydrogen-bond donors (Lipinski definition) is 2. The fourth-order valence-electron chi connectivity index (χ4n) is 3.10. The van der Waals surface area contributed by atoms with Crippen molar-refractivity contribution in [2.75, 3.05) is 47.5 Å². The molecular weight excluding hydrogens is 404 g/mol. The highest BCUT2D eigenvalue weighted by atomic mass is 16.5. The van der Waals surface area contributed by atoms with Gasteiger partial charge in [0.25, 0.3) is 0 Å². The zero-order valence-electron chi connectivity index (χ0n) is 20.3. The summed E-state index contributed by atoms with van der Waals surface area (Å²) >= 11 is 0. The zero-order valence-corrected chi connectivity index (χ0v) is 20.3. The predicted molar refractivity (Wildman–Crippen MR) is 131 cm³/mol. The van der Waals surface area contributed by atoms with Crippen LogP contribution in [0.15, 0.2) is 47.5 Å². The summed E-state index contributed by atoms with van der Waals surface area (Å²) in [5.41, 5.74) is 2.22. The van der Waals surface area contributed by atoms with Crippen LogP contribution >= 0.6 is 0 Å². The Morgan fingerprint density at radius 2 is 1.75 bits per heavy atom. The van der Waals surface area contributed by atoms with Crippen molar-refractivity contribution in [3.63, 3.8) is 0 Å². The number of likely N-dealkylation sites (N-methyl/N-ethyl adjacent to an activating group) is 1. The molecule has 1 atom stereocenters. The minimum atomic E-state index is 0.0387. The Morgan fingerprint density at radius 3 is 2.44 bits per heavy atom. The second-order valence-electron chi connectivity index (χ2n) is 7.66. The zero-order chi connectivity index (χ0) is 23.3. The van der Waals surface area contributed by atoms with Crippen molar-refractivity contribution in [1.29, 1.82) is 0 Å². The summed E-state index contributed by atoms with van der Waals surface area (Å²) in [5.74, 6) is 3.12.